The number of nitrogens with two attached hydrogens (primary N) is 1. The Bertz CT molecular complexity index is 504. The molecule has 1 aliphatic rings. The zero-order valence-electron chi connectivity index (χ0n) is 11.5. The van der Waals surface area contributed by atoms with E-state index in [1.165, 1.54) is 4.90 Å². The predicted molar refractivity (Wildman–Crippen MR) is 76.6 cm³/mol. The first-order valence-electron chi connectivity index (χ1n) is 6.72. The summed E-state index contributed by atoms with van der Waals surface area (Å²) < 4.78 is 4.89. The van der Waals surface area contributed by atoms with Gasteiger partial charge in [0.05, 0.1) is 12.6 Å². The van der Waals surface area contributed by atoms with Crippen LogP contribution in [0.4, 0.5) is 16.2 Å². The fourth-order valence-electron chi connectivity index (χ4n) is 2.06. The predicted octanol–water partition coefficient (Wildman–Crippen LogP) is 1.71. The van der Waals surface area contributed by atoms with E-state index in [1.54, 1.807) is 24.3 Å². The lowest BCUT2D eigenvalue weighted by Gasteiger charge is -2.15. The van der Waals surface area contributed by atoms with Crippen molar-refractivity contribution < 1.29 is 14.3 Å². The summed E-state index contributed by atoms with van der Waals surface area (Å²) in [5.41, 5.74) is 7.09. The lowest BCUT2D eigenvalue weighted by molar-refractivity contribution is -0.117. The highest BCUT2D eigenvalue weighted by atomic mass is 16.6. The largest absolute Gasteiger partial charge is 0.447 e. The van der Waals surface area contributed by atoms with Crippen LogP contribution in [0.15, 0.2) is 24.3 Å². The van der Waals surface area contributed by atoms with Crippen LogP contribution in [0.2, 0.25) is 0 Å². The van der Waals surface area contributed by atoms with Crippen molar-refractivity contribution in [2.24, 2.45) is 5.73 Å². The van der Waals surface area contributed by atoms with Gasteiger partial charge in [-0.25, -0.2) is 4.79 Å². The number of amides is 2. The van der Waals surface area contributed by atoms with Gasteiger partial charge in [0.15, 0.2) is 0 Å². The van der Waals surface area contributed by atoms with Crippen LogP contribution in [0.5, 0.6) is 0 Å². The summed E-state index contributed by atoms with van der Waals surface area (Å²) >= 11 is 0. The molecule has 1 fully saturated rings. The molecule has 0 radical (unpaired) electrons. The van der Waals surface area contributed by atoms with Gasteiger partial charge in [0.25, 0.3) is 0 Å². The maximum Gasteiger partial charge on any atom is 0.414 e. The molecule has 3 N–H and O–H groups in total. The zero-order valence-corrected chi connectivity index (χ0v) is 11.5. The van der Waals surface area contributed by atoms with Crippen molar-refractivity contribution >= 4 is 23.4 Å². The van der Waals surface area contributed by atoms with Crippen molar-refractivity contribution in [1.82, 2.24) is 0 Å². The summed E-state index contributed by atoms with van der Waals surface area (Å²) in [7, 11) is 0. The van der Waals surface area contributed by atoms with Gasteiger partial charge in [-0.05, 0) is 24.6 Å². The molecule has 0 spiro atoms. The van der Waals surface area contributed by atoms with Crippen LogP contribution < -0.4 is 16.0 Å². The number of hydrogen-bond acceptors (Lipinski definition) is 4. The maximum atomic E-state index is 11.9. The summed E-state index contributed by atoms with van der Waals surface area (Å²) in [6.45, 7) is 2.88. The molecule has 0 aliphatic carbocycles. The minimum atomic E-state index is -0.514. The number of carbonyl (C=O) groups excluding carboxylic acids is 2. The van der Waals surface area contributed by atoms with Crippen LogP contribution >= 0.6 is 0 Å². The van der Waals surface area contributed by atoms with Crippen LogP contribution in [-0.4, -0.2) is 31.2 Å². The van der Waals surface area contributed by atoms with E-state index < -0.39 is 6.04 Å². The monoisotopic (exact) mass is 277 g/mol. The highest BCUT2D eigenvalue weighted by molar-refractivity contribution is 5.96. The minimum absolute atomic E-state index is 0.215. The summed E-state index contributed by atoms with van der Waals surface area (Å²) in [5.74, 6) is -0.215. The topological polar surface area (TPSA) is 84.7 Å². The lowest BCUT2D eigenvalue weighted by atomic mass is 10.1. The Labute approximate surface area is 117 Å². The first-order valence-corrected chi connectivity index (χ1v) is 6.72. The maximum absolute atomic E-state index is 11.9. The van der Waals surface area contributed by atoms with Crippen molar-refractivity contribution in [3.05, 3.63) is 24.3 Å². The molecule has 1 aromatic rings. The van der Waals surface area contributed by atoms with E-state index in [9.17, 15) is 9.59 Å². The summed E-state index contributed by atoms with van der Waals surface area (Å²) in [6.07, 6.45) is 1.13. The number of ether oxygens (including phenoxy) is 1. The van der Waals surface area contributed by atoms with E-state index in [1.807, 2.05) is 6.92 Å². The second-order valence-corrected chi connectivity index (χ2v) is 4.70. The number of rotatable bonds is 5. The van der Waals surface area contributed by atoms with Crippen LogP contribution in [0.25, 0.3) is 0 Å². The Morgan fingerprint density at radius 1 is 1.55 bits per heavy atom. The minimum Gasteiger partial charge on any atom is -0.447 e. The number of cyclic esters (lactones) is 1. The van der Waals surface area contributed by atoms with Gasteiger partial charge in [-0.3, -0.25) is 9.69 Å². The van der Waals surface area contributed by atoms with Gasteiger partial charge in [0.1, 0.15) is 6.61 Å². The number of nitrogens with one attached hydrogen (secondary N) is 1. The summed E-state index contributed by atoms with van der Waals surface area (Å²) in [6, 6.07) is 6.57. The van der Waals surface area contributed by atoms with Gasteiger partial charge in [0.2, 0.25) is 5.91 Å². The SMILES string of the molecule is CCC[C@H](N)C(=O)Nc1cccc(N2CCOC2=O)c1. The first-order chi connectivity index (χ1) is 9.61. The van der Waals surface area contributed by atoms with Gasteiger partial charge < -0.3 is 15.8 Å². The molecule has 0 saturated carbocycles. The Balaban J connectivity index is 2.06. The smallest absolute Gasteiger partial charge is 0.414 e. The molecule has 1 heterocycles. The highest BCUT2D eigenvalue weighted by Gasteiger charge is 2.23. The molecule has 108 valence electrons. The quantitative estimate of drug-likeness (QED) is 0.858. The average Bonchev–Trinajstić information content (AvgIpc) is 2.85. The fraction of sp³-hybridized carbons (Fsp3) is 0.429. The molecule has 0 unspecified atom stereocenters. The molecular weight excluding hydrogens is 258 g/mol. The molecule has 0 bridgehead atoms. The third-order valence-corrected chi connectivity index (χ3v) is 3.12. The van der Waals surface area contributed by atoms with E-state index >= 15 is 0 Å². The third-order valence-electron chi connectivity index (χ3n) is 3.12. The molecule has 1 aromatic carbocycles. The van der Waals surface area contributed by atoms with E-state index in [0.29, 0.717) is 30.9 Å². The molecule has 1 atom stereocenters. The van der Waals surface area contributed by atoms with E-state index in [-0.39, 0.29) is 12.0 Å². The molecule has 2 rings (SSSR count). The number of anilines is 2. The van der Waals surface area contributed by atoms with Crippen LogP contribution in [0.3, 0.4) is 0 Å². The standard InChI is InChI=1S/C14H19N3O3/c1-2-4-12(15)13(18)16-10-5-3-6-11(9-10)17-7-8-20-14(17)19/h3,5-6,9,12H,2,4,7-8,15H2,1H3,(H,16,18)/t12-/m0/s1. The van der Waals surface area contributed by atoms with Crippen LogP contribution in [0.1, 0.15) is 19.8 Å². The first kappa shape index (κ1) is 14.3. The molecule has 20 heavy (non-hydrogen) atoms. The van der Waals surface area contributed by atoms with E-state index in [2.05, 4.69) is 5.32 Å². The molecule has 0 aromatic heterocycles. The third kappa shape index (κ3) is 3.27. The molecule has 6 nitrogen and oxygen atoms in total. The fourth-order valence-corrected chi connectivity index (χ4v) is 2.06. The number of benzene rings is 1. The Morgan fingerprint density at radius 2 is 2.35 bits per heavy atom. The van der Waals surface area contributed by atoms with Gasteiger partial charge >= 0.3 is 6.09 Å². The average molecular weight is 277 g/mol. The Morgan fingerprint density at radius 3 is 3.00 bits per heavy atom. The van der Waals surface area contributed by atoms with Gasteiger partial charge in [-0.1, -0.05) is 19.4 Å². The molecule has 1 aliphatic heterocycles. The summed E-state index contributed by atoms with van der Waals surface area (Å²) in [4.78, 5) is 24.9. The van der Waals surface area contributed by atoms with Crippen LogP contribution in [0, 0.1) is 0 Å². The lowest BCUT2D eigenvalue weighted by Crippen LogP contribution is -2.35. The zero-order chi connectivity index (χ0) is 14.5. The molecule has 6 heteroatoms. The van der Waals surface area contributed by atoms with Gasteiger partial charge in [0, 0.05) is 11.4 Å². The second-order valence-electron chi connectivity index (χ2n) is 4.70. The Kier molecular flexibility index (Phi) is 4.57. The molecular formula is C14H19N3O3. The van der Waals surface area contributed by atoms with Crippen molar-refractivity contribution in [3.63, 3.8) is 0 Å². The van der Waals surface area contributed by atoms with Crippen molar-refractivity contribution in [3.8, 4) is 0 Å². The van der Waals surface area contributed by atoms with Crippen molar-refractivity contribution in [2.75, 3.05) is 23.4 Å². The van der Waals surface area contributed by atoms with Gasteiger partial charge in [-0.2, -0.15) is 0 Å². The molecule has 1 saturated heterocycles. The molecule has 2 amide bonds. The number of carbonyl (C=O) groups is 2. The van der Waals surface area contributed by atoms with Crippen molar-refractivity contribution in [1.29, 1.82) is 0 Å². The highest BCUT2D eigenvalue weighted by Crippen LogP contribution is 2.22. The van der Waals surface area contributed by atoms with E-state index in [0.717, 1.165) is 6.42 Å². The summed E-state index contributed by atoms with van der Waals surface area (Å²) in [5, 5.41) is 2.76. The second kappa shape index (κ2) is 6.38. The number of nitrogens with zero attached hydrogens (tertiary/aromatic N) is 1. The normalized spacial score (nSPS) is 15.9. The van der Waals surface area contributed by atoms with Gasteiger partial charge in [-0.15, -0.1) is 0 Å². The van der Waals surface area contributed by atoms with Crippen molar-refractivity contribution in [2.45, 2.75) is 25.8 Å². The van der Waals surface area contributed by atoms with E-state index in [4.69, 9.17) is 10.5 Å². The number of hydrogen-bond donors (Lipinski definition) is 2. The Hall–Kier alpha value is -2.08. The van der Waals surface area contributed by atoms with Crippen LogP contribution in [-0.2, 0) is 9.53 Å².